The van der Waals surface area contributed by atoms with Gasteiger partial charge < -0.3 is 47.3 Å². The maximum absolute atomic E-state index is 11.9. The molecule has 5 atom stereocenters. The Kier molecular flexibility index (Phi) is 8.76. The third-order valence-electron chi connectivity index (χ3n) is 3.51. The minimum absolute atomic E-state index is 0. The van der Waals surface area contributed by atoms with Gasteiger partial charge in [-0.2, -0.15) is 4.31 Å². The van der Waals surface area contributed by atoms with Gasteiger partial charge >= 0.3 is 21.3 Å². The molecule has 0 amide bonds. The van der Waals surface area contributed by atoms with Crippen LogP contribution in [0.2, 0.25) is 0 Å². The standard InChI is InChI=1S/C10H16BN2O13P3.H3N/c1-5-3-13(10(16)12-9(5)15)8-2-6(14)7(24-8)4-23-27(11,17)25-29(21,22)26-28(18,19)20;/h3,6-8,14H,2,4H2,1H3,(H,21,22)(H,12,15,16)(H2,18,19,20);1H3/q-1;/p+1/t6-,7+,8+,27?;/m0./s1. The minimum atomic E-state index is -5.55. The average Bonchev–Trinajstić information content (AvgIpc) is 2.86. The molecule has 0 saturated carbocycles. The fraction of sp³-hybridized carbons (Fsp3) is 0.600. The van der Waals surface area contributed by atoms with Gasteiger partial charge in [-0.15, -0.1) is 0 Å². The Hall–Kier alpha value is -0.925. The van der Waals surface area contributed by atoms with Crippen molar-refractivity contribution < 1.29 is 51.4 Å². The number of aromatic nitrogens is 2. The van der Waals surface area contributed by atoms with Gasteiger partial charge in [-0.3, -0.25) is 14.3 Å². The summed E-state index contributed by atoms with van der Waals surface area (Å²) >= 11 is 0. The molecule has 0 spiro atoms. The first-order chi connectivity index (χ1) is 13.1. The number of quaternary nitrogens is 1. The molecule has 0 aromatic carbocycles. The van der Waals surface area contributed by atoms with E-state index in [9.17, 15) is 28.4 Å². The Morgan fingerprint density at radius 3 is 2.43 bits per heavy atom. The van der Waals surface area contributed by atoms with E-state index in [1.165, 1.54) is 13.1 Å². The van der Waals surface area contributed by atoms with Crippen LogP contribution in [0.5, 0.6) is 0 Å². The smallest absolute Gasteiger partial charge is 0.443 e. The van der Waals surface area contributed by atoms with Crippen LogP contribution in [-0.4, -0.2) is 55.7 Å². The van der Waals surface area contributed by atoms with Crippen LogP contribution in [0.3, 0.4) is 0 Å². The first-order valence-electron chi connectivity index (χ1n) is 7.58. The summed E-state index contributed by atoms with van der Waals surface area (Å²) in [5.41, 5.74) is -1.20. The predicted molar refractivity (Wildman–Crippen MR) is 99.9 cm³/mol. The lowest BCUT2D eigenvalue weighted by molar-refractivity contribution is -0.0417. The summed E-state index contributed by atoms with van der Waals surface area (Å²) < 4.78 is 52.2. The number of ether oxygens (including phenoxy) is 1. The summed E-state index contributed by atoms with van der Waals surface area (Å²) in [5, 5.41) is 10.0. The van der Waals surface area contributed by atoms with E-state index >= 15 is 0 Å². The van der Waals surface area contributed by atoms with E-state index in [1.807, 2.05) is 0 Å². The van der Waals surface area contributed by atoms with Crippen molar-refractivity contribution in [2.75, 3.05) is 6.61 Å². The molecule has 16 nitrogen and oxygen atoms in total. The fourth-order valence-corrected chi connectivity index (χ4v) is 5.49. The molecule has 20 heteroatoms. The number of nitrogens with one attached hydrogen (secondary N) is 1. The molecule has 2 rings (SSSR count). The molecule has 1 aliphatic rings. The molecule has 9 N–H and O–H groups in total. The van der Waals surface area contributed by atoms with Crippen molar-refractivity contribution in [1.82, 2.24) is 15.7 Å². The van der Waals surface area contributed by atoms with Crippen LogP contribution in [-0.2, 0) is 31.6 Å². The van der Waals surface area contributed by atoms with E-state index in [2.05, 4.69) is 18.1 Å². The first kappa shape index (κ1) is 27.1. The number of hydrogen-bond donors (Lipinski definition) is 6. The molecule has 0 bridgehead atoms. The first-order valence-corrected chi connectivity index (χ1v) is 12.2. The molecule has 1 aliphatic heterocycles. The maximum atomic E-state index is 11.9. The summed E-state index contributed by atoms with van der Waals surface area (Å²) in [6, 6.07) is 0. The highest BCUT2D eigenvalue weighted by Gasteiger charge is 2.38. The summed E-state index contributed by atoms with van der Waals surface area (Å²) in [7, 11) is -10.8. The number of nitrogens with zero attached hydrogens (tertiary/aromatic N) is 1. The third kappa shape index (κ3) is 7.64. The second kappa shape index (κ2) is 9.69. The van der Waals surface area contributed by atoms with E-state index in [1.54, 1.807) is 0 Å². The highest BCUT2D eigenvalue weighted by Crippen LogP contribution is 2.66. The van der Waals surface area contributed by atoms with Gasteiger partial charge in [-0.05, 0) is 6.92 Å². The van der Waals surface area contributed by atoms with Crippen molar-refractivity contribution in [3.05, 3.63) is 32.6 Å². The molecule has 1 aromatic heterocycles. The van der Waals surface area contributed by atoms with Gasteiger partial charge in [0.05, 0.1) is 20.2 Å². The van der Waals surface area contributed by atoms with Crippen molar-refractivity contribution in [3.63, 3.8) is 0 Å². The molecule has 3 radical (unpaired) electrons. The quantitative estimate of drug-likeness (QED) is 0.195. The second-order valence-electron chi connectivity index (χ2n) is 5.87. The Balaban J connectivity index is 0.00000450. The number of H-pyrrole nitrogens is 1. The fourth-order valence-electron chi connectivity index (χ4n) is 2.33. The van der Waals surface area contributed by atoms with Gasteiger partial charge in [-0.1, -0.05) is 0 Å². The zero-order valence-corrected chi connectivity index (χ0v) is 18.2. The number of hydrogen-bond acceptors (Lipinski definition) is 10. The Bertz CT molecular complexity index is 1020. The molecule has 1 saturated heterocycles. The number of aromatic amines is 1. The van der Waals surface area contributed by atoms with Crippen LogP contribution in [0.25, 0.3) is 0 Å². The van der Waals surface area contributed by atoms with Crippen molar-refractivity contribution in [1.29, 1.82) is 0 Å². The number of aliphatic hydroxyl groups is 1. The van der Waals surface area contributed by atoms with Crippen LogP contribution >= 0.6 is 23.1 Å². The van der Waals surface area contributed by atoms with Crippen LogP contribution < -0.4 is 17.4 Å². The Labute approximate surface area is 169 Å². The van der Waals surface area contributed by atoms with E-state index in [-0.39, 0.29) is 18.1 Å². The lowest BCUT2D eigenvalue weighted by Crippen LogP contribution is -2.33. The van der Waals surface area contributed by atoms with Crippen molar-refractivity contribution in [2.45, 2.75) is 31.8 Å². The van der Waals surface area contributed by atoms with Crippen molar-refractivity contribution >= 4 is 30.7 Å². The number of rotatable bonds is 8. The molecule has 0 aliphatic carbocycles. The number of aliphatic hydroxyl groups excluding tert-OH is 1. The van der Waals surface area contributed by atoms with Crippen LogP contribution in [0, 0.1) is 6.92 Å². The minimum Gasteiger partial charge on any atom is -0.443 e. The molecule has 1 aromatic rings. The molecule has 1 fully saturated rings. The number of aryl methyl sites for hydroxylation is 1. The zero-order chi connectivity index (χ0) is 22.2. The average molecular weight is 494 g/mol. The van der Waals surface area contributed by atoms with Gasteiger partial charge in [-0.25, -0.2) is 18.2 Å². The molecule has 30 heavy (non-hydrogen) atoms. The van der Waals surface area contributed by atoms with E-state index in [0.717, 1.165) is 4.57 Å². The molecule has 2 heterocycles. The molecular weight excluding hydrogens is 474 g/mol. The van der Waals surface area contributed by atoms with E-state index in [0.29, 0.717) is 0 Å². The summed E-state index contributed by atoms with van der Waals surface area (Å²) in [6.45, 7) is 0.689. The topological polar surface area (TPSA) is 260 Å². The normalized spacial score (nSPS) is 25.9. The lowest BCUT2D eigenvalue weighted by atomic mass is 10.2. The largest absolute Gasteiger partial charge is 0.485 e. The van der Waals surface area contributed by atoms with Crippen LogP contribution in [0.4, 0.5) is 0 Å². The van der Waals surface area contributed by atoms with Gasteiger partial charge in [0, 0.05) is 18.2 Å². The monoisotopic (exact) mass is 494 g/mol. The second-order valence-corrected chi connectivity index (χ2v) is 10.4. The zero-order valence-electron chi connectivity index (χ0n) is 15.6. The Morgan fingerprint density at radius 2 is 1.87 bits per heavy atom. The Morgan fingerprint density at radius 1 is 1.27 bits per heavy atom. The number of phosphoric acid groups is 2. The summed E-state index contributed by atoms with van der Waals surface area (Å²) in [6.07, 6.45) is -2.43. The van der Waals surface area contributed by atoms with Crippen molar-refractivity contribution in [3.8, 4) is 0 Å². The summed E-state index contributed by atoms with van der Waals surface area (Å²) in [4.78, 5) is 51.4. The van der Waals surface area contributed by atoms with E-state index < -0.39 is 59.4 Å². The summed E-state index contributed by atoms with van der Waals surface area (Å²) in [5.74, 6) is 0. The van der Waals surface area contributed by atoms with Crippen LogP contribution in [0.1, 0.15) is 18.2 Å². The molecule has 2 unspecified atom stereocenters. The van der Waals surface area contributed by atoms with Gasteiger partial charge in [0.2, 0.25) is 0 Å². The van der Waals surface area contributed by atoms with E-state index in [4.69, 9.17) is 27.0 Å². The predicted octanol–water partition coefficient (Wildman–Crippen LogP) is -0.611. The molecule has 171 valence electrons. The highest BCUT2D eigenvalue weighted by atomic mass is 31.3. The van der Waals surface area contributed by atoms with Crippen molar-refractivity contribution in [2.24, 2.45) is 0 Å². The lowest BCUT2D eigenvalue weighted by Gasteiger charge is -2.29. The van der Waals surface area contributed by atoms with Gasteiger partial charge in [0.15, 0.2) is 0 Å². The van der Waals surface area contributed by atoms with Gasteiger partial charge in [0.25, 0.3) is 5.56 Å². The third-order valence-corrected chi connectivity index (χ3v) is 7.43. The van der Waals surface area contributed by atoms with Gasteiger partial charge in [0.1, 0.15) is 12.3 Å². The SMILES string of the molecule is [B-]P(=O)(OC[C@H]1O[C@@H](n2cc(C)c(=O)[nH]c2=O)C[C@@H]1O)OP(=O)(O)OP(=O)(O)O.[NH4+]. The highest BCUT2D eigenvalue weighted by molar-refractivity contribution is 7.84. The molecular formula is C10H20BN3O13P3. The van der Waals surface area contributed by atoms with Crippen LogP contribution in [0.15, 0.2) is 15.8 Å². The maximum Gasteiger partial charge on any atom is 0.485 e.